The van der Waals surface area contributed by atoms with E-state index in [0.717, 1.165) is 37.4 Å². The molecule has 1 saturated carbocycles. The van der Waals surface area contributed by atoms with Gasteiger partial charge in [-0.1, -0.05) is 42.9 Å². The van der Waals surface area contributed by atoms with Gasteiger partial charge in [-0.15, -0.1) is 5.10 Å². The van der Waals surface area contributed by atoms with Gasteiger partial charge < -0.3 is 5.32 Å². The van der Waals surface area contributed by atoms with E-state index < -0.39 is 11.7 Å². The molecule has 0 saturated heterocycles. The third-order valence-corrected chi connectivity index (χ3v) is 5.90. The van der Waals surface area contributed by atoms with Gasteiger partial charge in [0.05, 0.1) is 5.56 Å². The average Bonchev–Trinajstić information content (AvgIpc) is 3.33. The molecule has 5 nitrogen and oxygen atoms in total. The first-order chi connectivity index (χ1) is 13.3. The summed E-state index contributed by atoms with van der Waals surface area (Å²) in [7, 11) is 0. The molecule has 2 aromatic heterocycles. The van der Waals surface area contributed by atoms with Crippen LogP contribution in [-0.4, -0.2) is 21.1 Å². The Kier molecular flexibility index (Phi) is 4.65. The summed E-state index contributed by atoms with van der Waals surface area (Å²) in [6.45, 7) is 2.48. The van der Waals surface area contributed by atoms with Gasteiger partial charge in [-0.3, -0.25) is 4.79 Å². The Hall–Kier alpha value is -2.42. The Labute approximate surface area is 163 Å². The molecule has 148 valence electrons. The highest BCUT2D eigenvalue weighted by molar-refractivity contribution is 7.20. The fourth-order valence-corrected chi connectivity index (χ4v) is 4.12. The van der Waals surface area contributed by atoms with Crippen molar-refractivity contribution in [2.24, 2.45) is 0 Å². The molecule has 1 aromatic carbocycles. The molecule has 3 aromatic rings. The number of nitrogens with one attached hydrogen (secondary N) is 1. The molecular weight excluding hydrogens is 389 g/mol. The summed E-state index contributed by atoms with van der Waals surface area (Å²) in [5, 5.41) is 8.00. The zero-order valence-corrected chi connectivity index (χ0v) is 16.0. The lowest BCUT2D eigenvalue weighted by molar-refractivity contribution is -0.137. The highest BCUT2D eigenvalue weighted by Crippen LogP contribution is 2.49. The van der Waals surface area contributed by atoms with Gasteiger partial charge in [0.1, 0.15) is 0 Å². The third kappa shape index (κ3) is 3.63. The Morgan fingerprint density at radius 2 is 2.07 bits per heavy atom. The van der Waals surface area contributed by atoms with E-state index in [2.05, 4.69) is 15.4 Å². The molecule has 28 heavy (non-hydrogen) atoms. The molecule has 2 heterocycles. The maximum Gasteiger partial charge on any atom is 0.416 e. The zero-order chi connectivity index (χ0) is 19.9. The molecule has 0 radical (unpaired) electrons. The zero-order valence-electron chi connectivity index (χ0n) is 15.2. The summed E-state index contributed by atoms with van der Waals surface area (Å²) in [4.78, 5) is 17.2. The lowest BCUT2D eigenvalue weighted by atomic mass is 9.94. The van der Waals surface area contributed by atoms with Crippen molar-refractivity contribution in [2.45, 2.75) is 44.2 Å². The van der Waals surface area contributed by atoms with Crippen molar-refractivity contribution in [1.82, 2.24) is 14.6 Å². The van der Waals surface area contributed by atoms with Crippen LogP contribution in [0.3, 0.4) is 0 Å². The normalized spacial score (nSPS) is 15.7. The van der Waals surface area contributed by atoms with E-state index in [1.807, 2.05) is 6.92 Å². The number of anilines is 1. The summed E-state index contributed by atoms with van der Waals surface area (Å²) < 4.78 is 40.3. The first kappa shape index (κ1) is 18.9. The standard InChI is InChI=1S/C19H19F3N4OS/c1-2-4-14-10-15(27)26-17(24-14)28-16(25-26)23-11-18(7-8-18)12-5-3-6-13(9-12)19(20,21)22/h3,5-6,9-10H,2,4,7-8,11H2,1H3,(H,23,25). The molecule has 1 aliphatic rings. The molecular formula is C19H19F3N4OS. The van der Waals surface area contributed by atoms with Crippen LogP contribution >= 0.6 is 11.3 Å². The molecule has 0 spiro atoms. The second-order valence-corrected chi connectivity index (χ2v) is 8.11. The number of aryl methyl sites for hydroxylation is 1. The highest BCUT2D eigenvalue weighted by Gasteiger charge is 2.45. The number of rotatable bonds is 6. The van der Waals surface area contributed by atoms with E-state index in [1.54, 1.807) is 6.07 Å². The minimum Gasteiger partial charge on any atom is -0.359 e. The van der Waals surface area contributed by atoms with E-state index >= 15 is 0 Å². The number of halogens is 3. The first-order valence-electron chi connectivity index (χ1n) is 9.12. The van der Waals surface area contributed by atoms with Gasteiger partial charge >= 0.3 is 6.18 Å². The molecule has 0 unspecified atom stereocenters. The molecule has 9 heteroatoms. The van der Waals surface area contributed by atoms with Crippen LogP contribution in [0.15, 0.2) is 35.1 Å². The number of nitrogens with zero attached hydrogens (tertiary/aromatic N) is 3. The lowest BCUT2D eigenvalue weighted by Crippen LogP contribution is -2.21. The van der Waals surface area contributed by atoms with Crippen molar-refractivity contribution in [3.8, 4) is 0 Å². The number of fused-ring (bicyclic) bond motifs is 1. The maximum atomic E-state index is 13.0. The van der Waals surface area contributed by atoms with Crippen LogP contribution in [0.5, 0.6) is 0 Å². The van der Waals surface area contributed by atoms with E-state index in [9.17, 15) is 18.0 Å². The number of hydrogen-bond acceptors (Lipinski definition) is 5. The minimum atomic E-state index is -4.35. The van der Waals surface area contributed by atoms with Gasteiger partial charge in [-0.25, -0.2) is 4.98 Å². The van der Waals surface area contributed by atoms with Gasteiger partial charge in [0.2, 0.25) is 10.1 Å². The third-order valence-electron chi connectivity index (χ3n) is 5.04. The molecule has 0 bridgehead atoms. The second-order valence-electron chi connectivity index (χ2n) is 7.15. The quantitative estimate of drug-likeness (QED) is 0.662. The van der Waals surface area contributed by atoms with Crippen LogP contribution in [0, 0.1) is 0 Å². The molecule has 0 aliphatic heterocycles. The van der Waals surface area contributed by atoms with E-state index in [4.69, 9.17) is 0 Å². The summed E-state index contributed by atoms with van der Waals surface area (Å²) in [6.07, 6.45) is -1.11. The molecule has 4 rings (SSSR count). The smallest absolute Gasteiger partial charge is 0.359 e. The maximum absolute atomic E-state index is 13.0. The van der Waals surface area contributed by atoms with Crippen LogP contribution in [0.1, 0.15) is 43.0 Å². The number of aromatic nitrogens is 3. The van der Waals surface area contributed by atoms with Gasteiger partial charge in [-0.2, -0.15) is 17.7 Å². The van der Waals surface area contributed by atoms with Crippen LogP contribution in [0.25, 0.3) is 4.96 Å². The predicted octanol–water partition coefficient (Wildman–Crippen LogP) is 4.27. The monoisotopic (exact) mass is 408 g/mol. The topological polar surface area (TPSA) is 59.3 Å². The van der Waals surface area contributed by atoms with Gasteiger partial charge in [0.15, 0.2) is 0 Å². The van der Waals surface area contributed by atoms with Gasteiger partial charge in [0.25, 0.3) is 5.56 Å². The fourth-order valence-electron chi connectivity index (χ4n) is 3.30. The van der Waals surface area contributed by atoms with Crippen LogP contribution in [0.4, 0.5) is 18.3 Å². The van der Waals surface area contributed by atoms with Gasteiger partial charge in [-0.05, 0) is 30.9 Å². The van der Waals surface area contributed by atoms with Crippen molar-refractivity contribution in [3.63, 3.8) is 0 Å². The highest BCUT2D eigenvalue weighted by atomic mass is 32.1. The summed E-state index contributed by atoms with van der Waals surface area (Å²) in [5.74, 6) is 0. The Bertz CT molecular complexity index is 1070. The Morgan fingerprint density at radius 3 is 2.75 bits per heavy atom. The Morgan fingerprint density at radius 1 is 1.29 bits per heavy atom. The lowest BCUT2D eigenvalue weighted by Gasteiger charge is -2.17. The molecule has 0 amide bonds. The van der Waals surface area contributed by atoms with Crippen LogP contribution < -0.4 is 10.9 Å². The number of alkyl halides is 3. The predicted molar refractivity (Wildman–Crippen MR) is 102 cm³/mol. The summed E-state index contributed by atoms with van der Waals surface area (Å²) >= 11 is 1.27. The van der Waals surface area contributed by atoms with E-state index in [0.29, 0.717) is 22.2 Å². The second kappa shape index (κ2) is 6.88. The minimum absolute atomic E-state index is 0.225. The van der Waals surface area contributed by atoms with Crippen molar-refractivity contribution >= 4 is 21.4 Å². The van der Waals surface area contributed by atoms with Crippen molar-refractivity contribution < 1.29 is 13.2 Å². The summed E-state index contributed by atoms with van der Waals surface area (Å²) in [5.41, 5.74) is 0.235. The number of hydrogen-bond donors (Lipinski definition) is 1. The van der Waals surface area contributed by atoms with Crippen LogP contribution in [-0.2, 0) is 18.0 Å². The van der Waals surface area contributed by atoms with E-state index in [1.165, 1.54) is 34.1 Å². The molecule has 1 N–H and O–H groups in total. The van der Waals surface area contributed by atoms with Crippen molar-refractivity contribution in [3.05, 3.63) is 57.5 Å². The van der Waals surface area contributed by atoms with Crippen LogP contribution in [0.2, 0.25) is 0 Å². The molecule has 0 atom stereocenters. The molecule has 1 aliphatic carbocycles. The van der Waals surface area contributed by atoms with Crippen molar-refractivity contribution in [1.29, 1.82) is 0 Å². The van der Waals surface area contributed by atoms with E-state index in [-0.39, 0.29) is 11.0 Å². The fraction of sp³-hybridized carbons (Fsp3) is 0.421. The average molecular weight is 408 g/mol. The van der Waals surface area contributed by atoms with Gasteiger partial charge in [0, 0.05) is 23.7 Å². The molecule has 1 fully saturated rings. The first-order valence-corrected chi connectivity index (χ1v) is 9.94. The number of benzene rings is 1. The SMILES string of the molecule is CCCc1cc(=O)n2nc(NCC3(c4cccc(C(F)(F)F)c4)CC3)sc2n1. The Balaban J connectivity index is 1.54. The van der Waals surface area contributed by atoms with Crippen molar-refractivity contribution in [2.75, 3.05) is 11.9 Å². The largest absolute Gasteiger partial charge is 0.416 e. The summed E-state index contributed by atoms with van der Waals surface area (Å²) in [6, 6.07) is 7.01.